The predicted molar refractivity (Wildman–Crippen MR) is 132 cm³/mol. The van der Waals surface area contributed by atoms with E-state index in [1.807, 2.05) is 0 Å². The fourth-order valence-corrected chi connectivity index (χ4v) is 6.81. The molecule has 1 aliphatic heterocycles. The van der Waals surface area contributed by atoms with Crippen molar-refractivity contribution in [2.75, 3.05) is 25.4 Å². The number of rotatable bonds is 7. The lowest BCUT2D eigenvalue weighted by molar-refractivity contribution is -0.137. The first-order valence-electron chi connectivity index (χ1n) is 12.3. The van der Waals surface area contributed by atoms with Crippen LogP contribution in [0.4, 0.5) is 13.2 Å². The van der Waals surface area contributed by atoms with Gasteiger partial charge in [-0.25, -0.2) is 0 Å². The molecule has 5 rings (SSSR count). The molecular weight excluding hydrogens is 481 g/mol. The Bertz CT molecular complexity index is 958. The van der Waals surface area contributed by atoms with Gasteiger partial charge in [-0.05, 0) is 74.2 Å². The summed E-state index contributed by atoms with van der Waals surface area (Å²) in [6.45, 7) is 3.23. The van der Waals surface area contributed by atoms with E-state index in [1.165, 1.54) is 44.2 Å². The zero-order valence-corrected chi connectivity index (χ0v) is 21.3. The van der Waals surface area contributed by atoms with E-state index in [1.54, 1.807) is 23.9 Å². The number of hydrogen-bond donors (Lipinski definition) is 0. The van der Waals surface area contributed by atoms with E-state index in [4.69, 9.17) is 0 Å². The Balaban J connectivity index is 0.00000274. The van der Waals surface area contributed by atoms with Crippen LogP contribution in [0.2, 0.25) is 0 Å². The Morgan fingerprint density at radius 1 is 1.09 bits per heavy atom. The average Bonchev–Trinajstić information content (AvgIpc) is 3.15. The largest absolute Gasteiger partial charge is 0.416 e. The van der Waals surface area contributed by atoms with Gasteiger partial charge in [-0.2, -0.15) is 13.2 Å². The number of alkyl halides is 3. The molecule has 188 valence electrons. The standard InChI is InChI=1S/C25H33F3N4S.ClH/c1-31-22(19-6-3-2-4-7-19)29-30-23(31)33-15-5-13-32-14-12-24(17-32)16-21(24)18-8-10-20(11-9-18)25(26,27)28;/h8-11,19,21H,2-7,12-17H2,1H3;1H/t21-,24-;/m1./s1. The fraction of sp³-hybridized carbons (Fsp3) is 0.680. The predicted octanol–water partition coefficient (Wildman–Crippen LogP) is 6.67. The molecule has 0 radical (unpaired) electrons. The normalized spacial score (nSPS) is 25.6. The van der Waals surface area contributed by atoms with Crippen molar-refractivity contribution < 1.29 is 13.2 Å². The number of halogens is 4. The van der Waals surface area contributed by atoms with Gasteiger partial charge in [0.05, 0.1) is 5.56 Å². The zero-order chi connectivity index (χ0) is 23.1. The molecule has 2 atom stereocenters. The van der Waals surface area contributed by atoms with E-state index in [9.17, 15) is 13.2 Å². The summed E-state index contributed by atoms with van der Waals surface area (Å²) in [6.07, 6.45) is 5.53. The van der Waals surface area contributed by atoms with Crippen molar-refractivity contribution in [3.8, 4) is 0 Å². The molecule has 2 aromatic rings. The molecule has 3 aliphatic rings. The molecule has 1 aromatic carbocycles. The Labute approximate surface area is 210 Å². The van der Waals surface area contributed by atoms with E-state index >= 15 is 0 Å². The third-order valence-electron chi connectivity index (χ3n) is 7.98. The van der Waals surface area contributed by atoms with Gasteiger partial charge in [-0.1, -0.05) is 43.2 Å². The summed E-state index contributed by atoms with van der Waals surface area (Å²) >= 11 is 1.80. The van der Waals surface area contributed by atoms with Gasteiger partial charge in [0.15, 0.2) is 5.16 Å². The maximum absolute atomic E-state index is 12.8. The van der Waals surface area contributed by atoms with Crippen LogP contribution in [0.15, 0.2) is 29.4 Å². The number of thioether (sulfide) groups is 1. The van der Waals surface area contributed by atoms with Crippen LogP contribution in [0, 0.1) is 5.41 Å². The number of aromatic nitrogens is 3. The summed E-state index contributed by atoms with van der Waals surface area (Å²) in [5.41, 5.74) is 0.794. The molecule has 4 nitrogen and oxygen atoms in total. The molecule has 0 N–H and O–H groups in total. The topological polar surface area (TPSA) is 34.0 Å². The van der Waals surface area contributed by atoms with Gasteiger partial charge in [0, 0.05) is 25.3 Å². The number of benzene rings is 1. The molecule has 0 bridgehead atoms. The van der Waals surface area contributed by atoms with Crippen LogP contribution in [0.3, 0.4) is 0 Å². The van der Waals surface area contributed by atoms with Crippen LogP contribution in [-0.4, -0.2) is 45.1 Å². The molecule has 0 unspecified atom stereocenters. The monoisotopic (exact) mass is 514 g/mol. The lowest BCUT2D eigenvalue weighted by atomic mass is 9.89. The molecule has 0 amide bonds. The first kappa shape index (κ1) is 25.8. The molecule has 2 aliphatic carbocycles. The highest BCUT2D eigenvalue weighted by Gasteiger charge is 2.57. The molecule has 2 heterocycles. The Morgan fingerprint density at radius 3 is 2.53 bits per heavy atom. The van der Waals surface area contributed by atoms with Gasteiger partial charge in [-0.15, -0.1) is 22.6 Å². The van der Waals surface area contributed by atoms with E-state index in [0.717, 1.165) is 61.2 Å². The molecule has 1 aromatic heterocycles. The third kappa shape index (κ3) is 5.44. The van der Waals surface area contributed by atoms with Crippen LogP contribution >= 0.6 is 24.2 Å². The maximum Gasteiger partial charge on any atom is 0.416 e. The molecule has 1 saturated heterocycles. The van der Waals surface area contributed by atoms with Crippen LogP contribution in [0.5, 0.6) is 0 Å². The lowest BCUT2D eigenvalue weighted by Gasteiger charge is -2.20. The second-order valence-electron chi connectivity index (χ2n) is 10.2. The third-order valence-corrected chi connectivity index (χ3v) is 9.09. The molecular formula is C25H34ClF3N4S. The van der Waals surface area contributed by atoms with Gasteiger partial charge in [0.2, 0.25) is 0 Å². The van der Waals surface area contributed by atoms with Crippen molar-refractivity contribution in [2.24, 2.45) is 12.5 Å². The smallest absolute Gasteiger partial charge is 0.309 e. The number of hydrogen-bond acceptors (Lipinski definition) is 4. The first-order valence-corrected chi connectivity index (χ1v) is 13.3. The highest BCUT2D eigenvalue weighted by Crippen LogP contribution is 2.64. The molecule has 34 heavy (non-hydrogen) atoms. The SMILES string of the molecule is Cl.Cn1c(SCCCN2CC[C@@]3(C[C@@H]3c3ccc(C(F)(F)F)cc3)C2)nnc1C1CCCCC1. The summed E-state index contributed by atoms with van der Waals surface area (Å²) in [7, 11) is 2.10. The molecule has 1 spiro atoms. The highest BCUT2D eigenvalue weighted by atomic mass is 35.5. The molecule has 9 heteroatoms. The summed E-state index contributed by atoms with van der Waals surface area (Å²) in [6, 6.07) is 5.84. The Morgan fingerprint density at radius 2 is 1.82 bits per heavy atom. The lowest BCUT2D eigenvalue weighted by Crippen LogP contribution is -2.23. The van der Waals surface area contributed by atoms with E-state index in [-0.39, 0.29) is 17.8 Å². The van der Waals surface area contributed by atoms with Gasteiger partial charge in [-0.3, -0.25) is 0 Å². The molecule has 3 fully saturated rings. The minimum atomic E-state index is -4.26. The fourth-order valence-electron chi connectivity index (χ4n) is 5.97. The number of likely N-dealkylation sites (tertiary alicyclic amines) is 1. The Kier molecular flexibility index (Phi) is 7.89. The van der Waals surface area contributed by atoms with Crippen molar-refractivity contribution in [3.63, 3.8) is 0 Å². The van der Waals surface area contributed by atoms with E-state index in [2.05, 4.69) is 26.7 Å². The van der Waals surface area contributed by atoms with Crippen LogP contribution in [-0.2, 0) is 13.2 Å². The van der Waals surface area contributed by atoms with Crippen LogP contribution in [0.25, 0.3) is 0 Å². The first-order chi connectivity index (χ1) is 15.9. The summed E-state index contributed by atoms with van der Waals surface area (Å²) < 4.78 is 40.7. The summed E-state index contributed by atoms with van der Waals surface area (Å²) in [4.78, 5) is 2.54. The summed E-state index contributed by atoms with van der Waals surface area (Å²) in [5, 5.41) is 9.97. The van der Waals surface area contributed by atoms with Crippen LogP contribution < -0.4 is 0 Å². The van der Waals surface area contributed by atoms with Crippen molar-refractivity contribution in [2.45, 2.75) is 74.5 Å². The number of nitrogens with zero attached hydrogens (tertiary/aromatic N) is 4. The Hall–Kier alpha value is -1.25. The van der Waals surface area contributed by atoms with Crippen molar-refractivity contribution in [3.05, 3.63) is 41.2 Å². The van der Waals surface area contributed by atoms with Gasteiger partial charge in [0.25, 0.3) is 0 Å². The summed E-state index contributed by atoms with van der Waals surface area (Å²) in [5.74, 6) is 3.17. The van der Waals surface area contributed by atoms with E-state index < -0.39 is 11.7 Å². The minimum absolute atomic E-state index is 0. The van der Waals surface area contributed by atoms with Crippen molar-refractivity contribution >= 4 is 24.2 Å². The quantitative estimate of drug-likeness (QED) is 0.305. The highest BCUT2D eigenvalue weighted by molar-refractivity contribution is 7.99. The maximum atomic E-state index is 12.8. The van der Waals surface area contributed by atoms with Gasteiger partial charge in [0.1, 0.15) is 5.82 Å². The zero-order valence-electron chi connectivity index (χ0n) is 19.7. The van der Waals surface area contributed by atoms with Crippen LogP contribution in [0.1, 0.15) is 80.2 Å². The second kappa shape index (κ2) is 10.4. The molecule has 2 saturated carbocycles. The second-order valence-corrected chi connectivity index (χ2v) is 11.3. The van der Waals surface area contributed by atoms with Crippen molar-refractivity contribution in [1.82, 2.24) is 19.7 Å². The minimum Gasteiger partial charge on any atom is -0.309 e. The average molecular weight is 515 g/mol. The van der Waals surface area contributed by atoms with E-state index in [0.29, 0.717) is 11.8 Å². The van der Waals surface area contributed by atoms with Gasteiger partial charge >= 0.3 is 6.18 Å². The van der Waals surface area contributed by atoms with Gasteiger partial charge < -0.3 is 9.47 Å². The van der Waals surface area contributed by atoms with Crippen molar-refractivity contribution in [1.29, 1.82) is 0 Å².